The number of carbonyl (C=O) groups excluding carboxylic acids is 3. The molecule has 0 aliphatic carbocycles. The monoisotopic (exact) mass is 849 g/mol. The van der Waals surface area contributed by atoms with Crippen LogP contribution < -0.4 is 0 Å². The zero-order chi connectivity index (χ0) is 44.0. The van der Waals surface area contributed by atoms with E-state index in [1.54, 1.807) is 0 Å². The van der Waals surface area contributed by atoms with Crippen molar-refractivity contribution in [2.45, 2.75) is 304 Å². The van der Waals surface area contributed by atoms with E-state index in [9.17, 15) is 14.4 Å². The molecule has 0 N–H and O–H groups in total. The Kier molecular flexibility index (Phi) is 45.7. The molecule has 6 heteroatoms. The standard InChI is InChI=1S/C54H104O6/c1-6-8-9-10-11-12-13-14-19-26-31-36-41-46-54(57)60-51(48-59-53(56)45-40-35-30-25-21-20-23-28-33-38-43-50(5)7-2)47-58-52(55)44-39-34-29-24-18-16-15-17-22-27-32-37-42-49(3)4/h49-51H,6-48H2,1-5H3/t50?,51-/m0/s1. The van der Waals surface area contributed by atoms with Gasteiger partial charge in [-0.1, -0.05) is 259 Å². The fraction of sp³-hybridized carbons (Fsp3) is 0.944. The molecule has 0 saturated heterocycles. The molecule has 0 fully saturated rings. The second-order valence-electron chi connectivity index (χ2n) is 19.2. The van der Waals surface area contributed by atoms with Gasteiger partial charge in [0.1, 0.15) is 13.2 Å². The fourth-order valence-electron chi connectivity index (χ4n) is 8.13. The lowest BCUT2D eigenvalue weighted by atomic mass is 9.99. The number of esters is 3. The summed E-state index contributed by atoms with van der Waals surface area (Å²) in [5, 5.41) is 0. The van der Waals surface area contributed by atoms with Gasteiger partial charge in [0, 0.05) is 19.3 Å². The second-order valence-corrected chi connectivity index (χ2v) is 19.2. The molecule has 356 valence electrons. The summed E-state index contributed by atoms with van der Waals surface area (Å²) in [6.45, 7) is 11.4. The largest absolute Gasteiger partial charge is 0.462 e. The van der Waals surface area contributed by atoms with Crippen LogP contribution in [0.2, 0.25) is 0 Å². The van der Waals surface area contributed by atoms with Crippen molar-refractivity contribution >= 4 is 17.9 Å². The highest BCUT2D eigenvalue weighted by Gasteiger charge is 2.19. The summed E-state index contributed by atoms with van der Waals surface area (Å²) in [4.78, 5) is 38.0. The average Bonchev–Trinajstić information content (AvgIpc) is 3.23. The van der Waals surface area contributed by atoms with Crippen LogP contribution in [0.1, 0.15) is 298 Å². The van der Waals surface area contributed by atoms with Gasteiger partial charge in [-0.3, -0.25) is 14.4 Å². The van der Waals surface area contributed by atoms with Crippen LogP contribution in [0.3, 0.4) is 0 Å². The number of hydrogen-bond donors (Lipinski definition) is 0. The molecule has 1 unspecified atom stereocenters. The van der Waals surface area contributed by atoms with E-state index in [1.807, 2.05) is 0 Å². The van der Waals surface area contributed by atoms with E-state index in [4.69, 9.17) is 14.2 Å². The number of hydrogen-bond acceptors (Lipinski definition) is 6. The Morgan fingerprint density at radius 1 is 0.350 bits per heavy atom. The first-order valence-electron chi connectivity index (χ1n) is 26.8. The zero-order valence-corrected chi connectivity index (χ0v) is 41.1. The van der Waals surface area contributed by atoms with Crippen molar-refractivity contribution in [2.24, 2.45) is 11.8 Å². The fourth-order valence-corrected chi connectivity index (χ4v) is 8.13. The normalized spacial score (nSPS) is 12.5. The number of ether oxygens (including phenoxy) is 3. The molecular weight excluding hydrogens is 745 g/mol. The van der Waals surface area contributed by atoms with Gasteiger partial charge >= 0.3 is 17.9 Å². The summed E-state index contributed by atoms with van der Waals surface area (Å²) in [6, 6.07) is 0. The van der Waals surface area contributed by atoms with Crippen LogP contribution in [0.4, 0.5) is 0 Å². The highest BCUT2D eigenvalue weighted by Crippen LogP contribution is 2.18. The third kappa shape index (κ3) is 45.9. The highest BCUT2D eigenvalue weighted by molar-refractivity contribution is 5.71. The second kappa shape index (κ2) is 46.9. The van der Waals surface area contributed by atoms with Crippen LogP contribution in [0.5, 0.6) is 0 Å². The molecule has 0 aromatic heterocycles. The maximum Gasteiger partial charge on any atom is 0.306 e. The van der Waals surface area contributed by atoms with Crippen molar-refractivity contribution in [2.75, 3.05) is 13.2 Å². The highest BCUT2D eigenvalue weighted by atomic mass is 16.6. The summed E-state index contributed by atoms with van der Waals surface area (Å²) in [7, 11) is 0. The molecule has 0 aliphatic heterocycles. The van der Waals surface area contributed by atoms with Gasteiger partial charge in [0.15, 0.2) is 6.10 Å². The van der Waals surface area contributed by atoms with E-state index in [-0.39, 0.29) is 31.1 Å². The molecule has 0 rings (SSSR count). The van der Waals surface area contributed by atoms with E-state index >= 15 is 0 Å². The summed E-state index contributed by atoms with van der Waals surface area (Å²) >= 11 is 0. The quantitative estimate of drug-likeness (QED) is 0.0345. The predicted octanol–water partition coefficient (Wildman–Crippen LogP) is 17.3. The first kappa shape index (κ1) is 58.4. The van der Waals surface area contributed by atoms with E-state index in [2.05, 4.69) is 34.6 Å². The summed E-state index contributed by atoms with van der Waals surface area (Å²) < 4.78 is 16.8. The van der Waals surface area contributed by atoms with Crippen molar-refractivity contribution in [1.29, 1.82) is 0 Å². The molecule has 0 heterocycles. The van der Waals surface area contributed by atoms with Crippen molar-refractivity contribution in [3.05, 3.63) is 0 Å². The van der Waals surface area contributed by atoms with E-state index in [0.717, 1.165) is 69.6 Å². The molecule has 6 nitrogen and oxygen atoms in total. The third-order valence-corrected chi connectivity index (χ3v) is 12.6. The topological polar surface area (TPSA) is 78.9 Å². The van der Waals surface area contributed by atoms with Crippen LogP contribution in [-0.4, -0.2) is 37.2 Å². The molecule has 0 aromatic rings. The Morgan fingerprint density at radius 2 is 0.633 bits per heavy atom. The van der Waals surface area contributed by atoms with Gasteiger partial charge in [-0.2, -0.15) is 0 Å². The van der Waals surface area contributed by atoms with E-state index < -0.39 is 6.10 Å². The van der Waals surface area contributed by atoms with Crippen LogP contribution in [0, 0.1) is 11.8 Å². The Bertz CT molecular complexity index is 918. The Balaban J connectivity index is 4.32. The van der Waals surface area contributed by atoms with Crippen LogP contribution in [-0.2, 0) is 28.6 Å². The molecule has 0 radical (unpaired) electrons. The summed E-state index contributed by atoms with van der Waals surface area (Å²) in [5.74, 6) is 0.858. The first-order valence-corrected chi connectivity index (χ1v) is 26.8. The molecule has 60 heavy (non-hydrogen) atoms. The number of rotatable bonds is 48. The van der Waals surface area contributed by atoms with Crippen molar-refractivity contribution in [1.82, 2.24) is 0 Å². The maximum absolute atomic E-state index is 12.8. The zero-order valence-electron chi connectivity index (χ0n) is 41.1. The van der Waals surface area contributed by atoms with Gasteiger partial charge in [0.25, 0.3) is 0 Å². The smallest absolute Gasteiger partial charge is 0.306 e. The van der Waals surface area contributed by atoms with Crippen LogP contribution in [0.25, 0.3) is 0 Å². The number of carbonyl (C=O) groups is 3. The molecule has 0 saturated carbocycles. The Hall–Kier alpha value is -1.59. The number of unbranched alkanes of at least 4 members (excludes halogenated alkanes) is 32. The molecule has 2 atom stereocenters. The van der Waals surface area contributed by atoms with Crippen molar-refractivity contribution in [3.63, 3.8) is 0 Å². The molecule has 0 aliphatic rings. The van der Waals surface area contributed by atoms with Gasteiger partial charge in [0.2, 0.25) is 0 Å². The SMILES string of the molecule is CCCCCCCCCCCCCCCC(=O)O[C@@H](COC(=O)CCCCCCCCCCCCCCC(C)C)COC(=O)CCCCCCCCCCCCC(C)CC. The van der Waals surface area contributed by atoms with Crippen LogP contribution in [0.15, 0.2) is 0 Å². The van der Waals surface area contributed by atoms with Gasteiger partial charge in [-0.25, -0.2) is 0 Å². The van der Waals surface area contributed by atoms with Gasteiger partial charge < -0.3 is 14.2 Å². The van der Waals surface area contributed by atoms with Gasteiger partial charge in [-0.05, 0) is 31.1 Å². The minimum absolute atomic E-state index is 0.0634. The lowest BCUT2D eigenvalue weighted by Crippen LogP contribution is -2.30. The molecule has 0 aromatic carbocycles. The molecular formula is C54H104O6. The van der Waals surface area contributed by atoms with E-state index in [0.29, 0.717) is 19.3 Å². The van der Waals surface area contributed by atoms with Crippen LogP contribution >= 0.6 is 0 Å². The average molecular weight is 849 g/mol. The Labute approximate surface area is 374 Å². The minimum Gasteiger partial charge on any atom is -0.462 e. The Morgan fingerprint density at radius 3 is 0.950 bits per heavy atom. The summed E-state index contributed by atoms with van der Waals surface area (Å²) in [5.41, 5.74) is 0. The van der Waals surface area contributed by atoms with Gasteiger partial charge in [0.05, 0.1) is 0 Å². The molecule has 0 amide bonds. The third-order valence-electron chi connectivity index (χ3n) is 12.6. The molecule has 0 bridgehead atoms. The maximum atomic E-state index is 12.8. The minimum atomic E-state index is -0.762. The molecule has 0 spiro atoms. The van der Waals surface area contributed by atoms with Crippen molar-refractivity contribution in [3.8, 4) is 0 Å². The first-order chi connectivity index (χ1) is 29.3. The predicted molar refractivity (Wildman–Crippen MR) is 256 cm³/mol. The lowest BCUT2D eigenvalue weighted by Gasteiger charge is -2.18. The van der Waals surface area contributed by atoms with Gasteiger partial charge in [-0.15, -0.1) is 0 Å². The van der Waals surface area contributed by atoms with Crippen molar-refractivity contribution < 1.29 is 28.6 Å². The van der Waals surface area contributed by atoms with E-state index in [1.165, 1.54) is 186 Å². The lowest BCUT2D eigenvalue weighted by molar-refractivity contribution is -0.167. The summed E-state index contributed by atoms with van der Waals surface area (Å²) in [6.07, 6.45) is 47.9.